The first-order valence-electron chi connectivity index (χ1n) is 19.9. The van der Waals surface area contributed by atoms with Gasteiger partial charge in [0.2, 0.25) is 5.90 Å². The zero-order valence-electron chi connectivity index (χ0n) is 35.0. The summed E-state index contributed by atoms with van der Waals surface area (Å²) < 4.78 is 34.7. The summed E-state index contributed by atoms with van der Waals surface area (Å²) in [6.45, 7) is 25.7. The molecular weight excluding hydrogens is 653 g/mol. The van der Waals surface area contributed by atoms with Gasteiger partial charge in [-0.25, -0.2) is 15.0 Å². The van der Waals surface area contributed by atoms with E-state index in [4.69, 9.17) is 24.4 Å². The van der Waals surface area contributed by atoms with E-state index < -0.39 is 17.5 Å². The van der Waals surface area contributed by atoms with E-state index in [1.807, 2.05) is 58.2 Å². The predicted octanol–water partition coefficient (Wildman–Crippen LogP) is 11.4. The Hall–Kier alpha value is -4.97. The third kappa shape index (κ3) is 4.66. The van der Waals surface area contributed by atoms with Crippen molar-refractivity contribution in [2.45, 2.75) is 117 Å². The lowest BCUT2D eigenvalue weighted by molar-refractivity contribution is 0.0473. The molecule has 1 aliphatic carbocycles. The van der Waals surface area contributed by atoms with Gasteiger partial charge in [-0.3, -0.25) is 4.57 Å². The molecule has 3 aromatic carbocycles. The number of pyridine rings is 2. The Kier molecular flexibility index (Phi) is 6.43. The SMILES string of the molecule is [2H]C1([2H])c2c(ccc(C)c2C)[C@@]2(C)N=C(c3cc(Oc4cc5c(cc4C)C(C)(C)c4cc(C(C)(C)C)cc6c7cccnc7n-5c46)cc(C(C)C)n3)O[C@@]12C. The summed E-state index contributed by atoms with van der Waals surface area (Å²) >= 11 is 0. The monoisotopic (exact) mass is 704 g/mol. The van der Waals surface area contributed by atoms with Crippen molar-refractivity contribution in [2.24, 2.45) is 4.99 Å². The van der Waals surface area contributed by atoms with Crippen LogP contribution in [0.2, 0.25) is 0 Å². The molecule has 3 aromatic heterocycles. The van der Waals surface area contributed by atoms with Crippen molar-refractivity contribution in [1.82, 2.24) is 14.5 Å². The molecule has 0 spiro atoms. The van der Waals surface area contributed by atoms with Crippen molar-refractivity contribution in [3.05, 3.63) is 123 Å². The maximum absolute atomic E-state index is 9.42. The summed E-state index contributed by atoms with van der Waals surface area (Å²) in [6.07, 6.45) is 0.0957. The van der Waals surface area contributed by atoms with E-state index in [9.17, 15) is 2.74 Å². The first-order chi connectivity index (χ1) is 25.7. The molecule has 0 bridgehead atoms. The van der Waals surface area contributed by atoms with Gasteiger partial charge in [-0.2, -0.15) is 0 Å². The fourth-order valence-electron chi connectivity index (χ4n) is 8.67. The molecule has 0 radical (unpaired) electrons. The first kappa shape index (κ1) is 31.5. The Morgan fingerprint density at radius 3 is 2.40 bits per heavy atom. The predicted molar refractivity (Wildman–Crippen MR) is 216 cm³/mol. The lowest BCUT2D eigenvalue weighted by Crippen LogP contribution is -2.41. The summed E-state index contributed by atoms with van der Waals surface area (Å²) in [4.78, 5) is 15.2. The second kappa shape index (κ2) is 10.8. The van der Waals surface area contributed by atoms with Gasteiger partial charge in [0.15, 0.2) is 0 Å². The molecule has 0 unspecified atom stereocenters. The van der Waals surface area contributed by atoms with E-state index in [1.54, 1.807) is 0 Å². The summed E-state index contributed by atoms with van der Waals surface area (Å²) in [7, 11) is 0. The van der Waals surface area contributed by atoms with Crippen LogP contribution in [0.3, 0.4) is 0 Å². The number of nitrogens with zero attached hydrogens (tertiary/aromatic N) is 4. The fourth-order valence-corrected chi connectivity index (χ4v) is 8.67. The van der Waals surface area contributed by atoms with Crippen LogP contribution >= 0.6 is 0 Å². The molecule has 6 aromatic rings. The van der Waals surface area contributed by atoms with Crippen LogP contribution in [0.4, 0.5) is 0 Å². The number of fused-ring (bicyclic) bond motifs is 8. The maximum Gasteiger partial charge on any atom is 0.237 e. The Bertz CT molecular complexity index is 2700. The molecule has 2 atom stereocenters. The van der Waals surface area contributed by atoms with E-state index in [0.29, 0.717) is 22.9 Å². The van der Waals surface area contributed by atoms with Crippen molar-refractivity contribution >= 4 is 27.8 Å². The van der Waals surface area contributed by atoms with Crippen molar-refractivity contribution in [3.63, 3.8) is 0 Å². The number of hydrogen-bond donors (Lipinski definition) is 0. The largest absolute Gasteiger partial charge is 0.467 e. The van der Waals surface area contributed by atoms with Gasteiger partial charge >= 0.3 is 0 Å². The molecule has 0 amide bonds. The van der Waals surface area contributed by atoms with Crippen LogP contribution in [-0.2, 0) is 27.5 Å². The van der Waals surface area contributed by atoms with Gasteiger partial charge in [0.1, 0.15) is 34.0 Å². The molecule has 0 saturated heterocycles. The Labute approximate surface area is 316 Å². The van der Waals surface area contributed by atoms with E-state index in [0.717, 1.165) is 50.4 Å². The number of aliphatic imine (C=N–C) groups is 1. The maximum atomic E-state index is 9.42. The molecule has 53 heavy (non-hydrogen) atoms. The van der Waals surface area contributed by atoms with Crippen LogP contribution < -0.4 is 4.74 Å². The van der Waals surface area contributed by atoms with Crippen molar-refractivity contribution in [3.8, 4) is 17.2 Å². The Morgan fingerprint density at radius 2 is 1.66 bits per heavy atom. The number of rotatable bonds is 4. The summed E-state index contributed by atoms with van der Waals surface area (Å²) in [6, 6.07) is 21.4. The highest BCUT2D eigenvalue weighted by Gasteiger charge is 2.59. The van der Waals surface area contributed by atoms with E-state index >= 15 is 0 Å². The topological polar surface area (TPSA) is 61.5 Å². The van der Waals surface area contributed by atoms with E-state index in [1.165, 1.54) is 27.6 Å². The van der Waals surface area contributed by atoms with Crippen LogP contribution in [0.1, 0.15) is 127 Å². The molecule has 0 N–H and O–H groups in total. The minimum absolute atomic E-state index is 0.0129. The first-order valence-corrected chi connectivity index (χ1v) is 18.9. The van der Waals surface area contributed by atoms with Crippen LogP contribution in [0, 0.1) is 20.8 Å². The third-order valence-electron chi connectivity index (χ3n) is 12.4. The van der Waals surface area contributed by atoms with Gasteiger partial charge in [0, 0.05) is 55.4 Å². The van der Waals surface area contributed by atoms with Crippen LogP contribution in [0.15, 0.2) is 71.9 Å². The Morgan fingerprint density at radius 1 is 0.887 bits per heavy atom. The number of ether oxygens (including phenoxy) is 2. The third-order valence-corrected chi connectivity index (χ3v) is 12.4. The molecule has 270 valence electrons. The minimum atomic E-state index is -1.78. The molecular formula is C47H50N4O2. The van der Waals surface area contributed by atoms with Gasteiger partial charge in [0.25, 0.3) is 0 Å². The second-order valence-electron chi connectivity index (χ2n) is 17.7. The highest BCUT2D eigenvalue weighted by atomic mass is 16.5. The normalized spacial score (nSPS) is 22.6. The molecule has 9 rings (SSSR count). The number of hydrogen-bond acceptors (Lipinski definition) is 5. The average molecular weight is 705 g/mol. The van der Waals surface area contributed by atoms with E-state index in [2.05, 4.69) is 96.4 Å². The summed E-state index contributed by atoms with van der Waals surface area (Å²) in [5.41, 5.74) is 10.4. The standard InChI is InChI=1S/C47H50N4O2/c1-25(2)37-21-30(22-38(49-37)43-50-47(12)34-16-15-26(3)28(5)33(34)24-46(47,11)53-43)52-40-23-39-35(18-27(40)4)45(9,10)36-20-29(44(6,7)8)19-32-31-14-13-17-48-42(31)51(39)41(32)36/h13-23,25H,24H2,1-12H3/t46-,47+/m0/s1/i24D2. The smallest absolute Gasteiger partial charge is 0.237 e. The summed E-state index contributed by atoms with van der Waals surface area (Å²) in [5, 5.41) is 2.35. The lowest BCUT2D eigenvalue weighted by atomic mass is 9.72. The molecule has 6 heteroatoms. The molecule has 6 nitrogen and oxygen atoms in total. The summed E-state index contributed by atoms with van der Waals surface area (Å²) in [5.74, 6) is 1.78. The van der Waals surface area contributed by atoms with Crippen LogP contribution in [0.25, 0.3) is 27.6 Å². The minimum Gasteiger partial charge on any atom is -0.467 e. The lowest BCUT2D eigenvalue weighted by Gasteiger charge is -2.36. The van der Waals surface area contributed by atoms with Gasteiger partial charge in [0.05, 0.1) is 11.2 Å². The molecule has 5 heterocycles. The number of benzene rings is 3. The van der Waals surface area contributed by atoms with Crippen molar-refractivity contribution < 1.29 is 12.2 Å². The van der Waals surface area contributed by atoms with Crippen LogP contribution in [0.5, 0.6) is 11.5 Å². The van der Waals surface area contributed by atoms with Gasteiger partial charge < -0.3 is 9.47 Å². The molecule has 2 aliphatic heterocycles. The van der Waals surface area contributed by atoms with Gasteiger partial charge in [-0.1, -0.05) is 66.7 Å². The zero-order valence-corrected chi connectivity index (χ0v) is 33.0. The fraction of sp³-hybridized carbons (Fsp3) is 0.383. The molecule has 0 fully saturated rings. The molecule has 3 aliphatic rings. The van der Waals surface area contributed by atoms with Gasteiger partial charge in [-0.05, 0) is 115 Å². The highest BCUT2D eigenvalue weighted by molar-refractivity contribution is 6.10. The highest BCUT2D eigenvalue weighted by Crippen LogP contribution is 2.54. The zero-order chi connectivity index (χ0) is 39.4. The van der Waals surface area contributed by atoms with Gasteiger partial charge in [-0.15, -0.1) is 0 Å². The number of aromatic nitrogens is 3. The van der Waals surface area contributed by atoms with Crippen LogP contribution in [-0.4, -0.2) is 26.0 Å². The van der Waals surface area contributed by atoms with Crippen molar-refractivity contribution in [2.75, 3.05) is 0 Å². The Balaban J connectivity index is 1.18. The quantitative estimate of drug-likeness (QED) is 0.183. The second-order valence-corrected chi connectivity index (χ2v) is 17.7. The van der Waals surface area contributed by atoms with E-state index in [-0.39, 0.29) is 16.7 Å². The number of aryl methyl sites for hydroxylation is 2. The average Bonchev–Trinajstić information content (AvgIpc) is 3.64. The van der Waals surface area contributed by atoms with Crippen molar-refractivity contribution in [1.29, 1.82) is 0 Å². The molecule has 0 saturated carbocycles.